The summed E-state index contributed by atoms with van der Waals surface area (Å²) in [5, 5.41) is 3.54. The summed E-state index contributed by atoms with van der Waals surface area (Å²) in [6.07, 6.45) is 5.75. The Kier molecular flexibility index (Phi) is 3.58. The summed E-state index contributed by atoms with van der Waals surface area (Å²) < 4.78 is 0. The molecule has 0 amide bonds. The smallest absolute Gasteiger partial charge is 0.0205 e. The summed E-state index contributed by atoms with van der Waals surface area (Å²) in [5.74, 6) is 0.943. The van der Waals surface area contributed by atoms with Gasteiger partial charge in [-0.05, 0) is 30.9 Å². The molecule has 0 aliphatic heterocycles. The Morgan fingerprint density at radius 2 is 1.79 bits per heavy atom. The lowest BCUT2D eigenvalue weighted by atomic mass is 10.1. The van der Waals surface area contributed by atoms with Gasteiger partial charge in [-0.1, -0.05) is 43.2 Å². The zero-order valence-corrected chi connectivity index (χ0v) is 8.71. The first-order valence-electron chi connectivity index (χ1n) is 5.70. The van der Waals surface area contributed by atoms with Gasteiger partial charge in [0.05, 0.1) is 0 Å². The topological polar surface area (TPSA) is 12.0 Å². The second-order valence-corrected chi connectivity index (χ2v) is 4.27. The van der Waals surface area contributed by atoms with Crippen LogP contribution in [0.3, 0.4) is 0 Å². The van der Waals surface area contributed by atoms with E-state index in [0.29, 0.717) is 0 Å². The van der Waals surface area contributed by atoms with Gasteiger partial charge in [0.2, 0.25) is 0 Å². The highest BCUT2D eigenvalue weighted by molar-refractivity contribution is 5.14. The third kappa shape index (κ3) is 2.85. The molecule has 1 aliphatic carbocycles. The van der Waals surface area contributed by atoms with Crippen LogP contribution < -0.4 is 5.32 Å². The molecule has 0 heterocycles. The van der Waals surface area contributed by atoms with E-state index in [1.807, 2.05) is 0 Å². The highest BCUT2D eigenvalue weighted by Gasteiger charge is 2.13. The molecule has 14 heavy (non-hydrogen) atoms. The minimum absolute atomic E-state index is 0.943. The van der Waals surface area contributed by atoms with E-state index >= 15 is 0 Å². The Bertz CT molecular complexity index is 249. The molecule has 1 fully saturated rings. The highest BCUT2D eigenvalue weighted by Crippen LogP contribution is 2.23. The van der Waals surface area contributed by atoms with E-state index in [0.717, 1.165) is 12.5 Å². The summed E-state index contributed by atoms with van der Waals surface area (Å²) in [5.41, 5.74) is 1.39. The maximum atomic E-state index is 3.54. The van der Waals surface area contributed by atoms with Gasteiger partial charge in [-0.3, -0.25) is 0 Å². The summed E-state index contributed by atoms with van der Waals surface area (Å²) in [4.78, 5) is 0. The van der Waals surface area contributed by atoms with Gasteiger partial charge in [-0.15, -0.1) is 0 Å². The van der Waals surface area contributed by atoms with Crippen LogP contribution in [0.2, 0.25) is 0 Å². The van der Waals surface area contributed by atoms with E-state index < -0.39 is 0 Å². The Morgan fingerprint density at radius 3 is 2.50 bits per heavy atom. The number of nitrogens with one attached hydrogen (secondary N) is 1. The van der Waals surface area contributed by atoms with Crippen molar-refractivity contribution in [3.05, 3.63) is 35.9 Å². The SMILES string of the molecule is c1ccc(CNCC2CCCC2)cc1. The Labute approximate surface area is 86.5 Å². The van der Waals surface area contributed by atoms with Crippen LogP contribution in [-0.4, -0.2) is 6.54 Å². The molecule has 1 aliphatic rings. The summed E-state index contributed by atoms with van der Waals surface area (Å²) in [7, 11) is 0. The minimum atomic E-state index is 0.943. The Balaban J connectivity index is 1.67. The van der Waals surface area contributed by atoms with Gasteiger partial charge < -0.3 is 5.32 Å². The van der Waals surface area contributed by atoms with Gasteiger partial charge in [-0.2, -0.15) is 0 Å². The lowest BCUT2D eigenvalue weighted by Crippen LogP contribution is -2.20. The molecule has 76 valence electrons. The Morgan fingerprint density at radius 1 is 1.07 bits per heavy atom. The fourth-order valence-electron chi connectivity index (χ4n) is 2.23. The second-order valence-electron chi connectivity index (χ2n) is 4.27. The van der Waals surface area contributed by atoms with Crippen LogP contribution >= 0.6 is 0 Å². The molecule has 0 saturated heterocycles. The van der Waals surface area contributed by atoms with Crippen molar-refractivity contribution in [2.24, 2.45) is 5.92 Å². The fourth-order valence-corrected chi connectivity index (χ4v) is 2.23. The number of benzene rings is 1. The van der Waals surface area contributed by atoms with Crippen LogP contribution in [0.4, 0.5) is 0 Å². The third-order valence-corrected chi connectivity index (χ3v) is 3.08. The molecule has 0 aromatic heterocycles. The summed E-state index contributed by atoms with van der Waals surface area (Å²) in [6, 6.07) is 10.6. The Hall–Kier alpha value is -0.820. The molecule has 0 unspecified atom stereocenters. The van der Waals surface area contributed by atoms with Crippen molar-refractivity contribution in [3.63, 3.8) is 0 Å². The number of hydrogen-bond acceptors (Lipinski definition) is 1. The quantitative estimate of drug-likeness (QED) is 0.768. The molecule has 1 heteroatoms. The first-order chi connectivity index (χ1) is 6.95. The molecule has 1 aromatic carbocycles. The van der Waals surface area contributed by atoms with Crippen molar-refractivity contribution >= 4 is 0 Å². The standard InChI is InChI=1S/C13H19N/c1-2-6-12(7-3-1)10-14-11-13-8-4-5-9-13/h1-3,6-7,13-14H,4-5,8-11H2. The molecule has 0 atom stereocenters. The molecule has 1 aromatic rings. The number of rotatable bonds is 4. The van der Waals surface area contributed by atoms with Crippen LogP contribution in [0.25, 0.3) is 0 Å². The molecule has 0 bridgehead atoms. The van der Waals surface area contributed by atoms with Crippen LogP contribution in [0, 0.1) is 5.92 Å². The van der Waals surface area contributed by atoms with Crippen molar-refractivity contribution in [1.82, 2.24) is 5.32 Å². The first kappa shape index (κ1) is 9.72. The molecule has 1 saturated carbocycles. The maximum absolute atomic E-state index is 3.54. The van der Waals surface area contributed by atoms with Gasteiger partial charge in [0.25, 0.3) is 0 Å². The van der Waals surface area contributed by atoms with Gasteiger partial charge in [0, 0.05) is 6.54 Å². The normalized spacial score (nSPS) is 17.4. The van der Waals surface area contributed by atoms with E-state index in [9.17, 15) is 0 Å². The fraction of sp³-hybridized carbons (Fsp3) is 0.538. The predicted molar refractivity (Wildman–Crippen MR) is 60.1 cm³/mol. The van der Waals surface area contributed by atoms with E-state index in [1.54, 1.807) is 0 Å². The molecular weight excluding hydrogens is 170 g/mol. The molecular formula is C13H19N. The summed E-state index contributed by atoms with van der Waals surface area (Å²) >= 11 is 0. The van der Waals surface area contributed by atoms with Crippen molar-refractivity contribution in [1.29, 1.82) is 0 Å². The van der Waals surface area contributed by atoms with Crippen LogP contribution in [0.5, 0.6) is 0 Å². The van der Waals surface area contributed by atoms with E-state index in [2.05, 4.69) is 35.6 Å². The molecule has 2 rings (SSSR count). The maximum Gasteiger partial charge on any atom is 0.0205 e. The average Bonchev–Trinajstić information content (AvgIpc) is 2.72. The van der Waals surface area contributed by atoms with Gasteiger partial charge in [0.15, 0.2) is 0 Å². The lowest BCUT2D eigenvalue weighted by Gasteiger charge is -2.10. The lowest BCUT2D eigenvalue weighted by molar-refractivity contribution is 0.489. The van der Waals surface area contributed by atoms with Crippen molar-refractivity contribution in [2.75, 3.05) is 6.54 Å². The molecule has 1 N–H and O–H groups in total. The highest BCUT2D eigenvalue weighted by atomic mass is 14.9. The van der Waals surface area contributed by atoms with Crippen molar-refractivity contribution < 1.29 is 0 Å². The molecule has 1 nitrogen and oxygen atoms in total. The first-order valence-corrected chi connectivity index (χ1v) is 5.70. The summed E-state index contributed by atoms with van der Waals surface area (Å²) in [6.45, 7) is 2.23. The third-order valence-electron chi connectivity index (χ3n) is 3.08. The van der Waals surface area contributed by atoms with Crippen LogP contribution in [0.15, 0.2) is 30.3 Å². The number of hydrogen-bond donors (Lipinski definition) is 1. The largest absolute Gasteiger partial charge is 0.312 e. The van der Waals surface area contributed by atoms with Gasteiger partial charge >= 0.3 is 0 Å². The molecule has 0 spiro atoms. The van der Waals surface area contributed by atoms with E-state index in [1.165, 1.54) is 37.8 Å². The van der Waals surface area contributed by atoms with Crippen molar-refractivity contribution in [2.45, 2.75) is 32.2 Å². The van der Waals surface area contributed by atoms with E-state index in [-0.39, 0.29) is 0 Å². The van der Waals surface area contributed by atoms with Gasteiger partial charge in [0.1, 0.15) is 0 Å². The monoisotopic (exact) mass is 189 g/mol. The zero-order valence-electron chi connectivity index (χ0n) is 8.71. The van der Waals surface area contributed by atoms with Crippen LogP contribution in [0.1, 0.15) is 31.2 Å². The second kappa shape index (κ2) is 5.16. The van der Waals surface area contributed by atoms with Crippen LogP contribution in [-0.2, 0) is 6.54 Å². The minimum Gasteiger partial charge on any atom is -0.312 e. The van der Waals surface area contributed by atoms with Crippen molar-refractivity contribution in [3.8, 4) is 0 Å². The van der Waals surface area contributed by atoms with Gasteiger partial charge in [-0.25, -0.2) is 0 Å². The predicted octanol–water partition coefficient (Wildman–Crippen LogP) is 2.97. The zero-order chi connectivity index (χ0) is 9.64. The molecule has 0 radical (unpaired) electrons. The van der Waals surface area contributed by atoms with E-state index in [4.69, 9.17) is 0 Å². The average molecular weight is 189 g/mol.